The average molecular weight is 206 g/mol. The molecule has 0 aromatic heterocycles. The summed E-state index contributed by atoms with van der Waals surface area (Å²) in [6.45, 7) is 0. The summed E-state index contributed by atoms with van der Waals surface area (Å²) < 4.78 is 1.27. The van der Waals surface area contributed by atoms with Crippen LogP contribution in [0, 0.1) is 6.08 Å². The van der Waals surface area contributed by atoms with Gasteiger partial charge in [0.25, 0.3) is 0 Å². The molecule has 0 heterocycles. The molecule has 0 aromatic carbocycles. The van der Waals surface area contributed by atoms with Gasteiger partial charge >= 0.3 is 23.1 Å². The first kappa shape index (κ1) is 12.0. The van der Waals surface area contributed by atoms with E-state index in [4.69, 9.17) is 0 Å². The molecule has 0 unspecified atom stereocenters. The maximum Gasteiger partial charge on any atom is 2.00 e. The second-order valence-corrected chi connectivity index (χ2v) is 2.39. The van der Waals surface area contributed by atoms with Gasteiger partial charge in [0.2, 0.25) is 0 Å². The van der Waals surface area contributed by atoms with E-state index in [9.17, 15) is 0 Å². The Balaban J connectivity index is 0. The Labute approximate surface area is 80.8 Å². The standard InChI is InChI=1S/C5H6Br.ClH.Mg/c6-5-3-1-2-4-5;;/h1-3H2;1H;/q-1;;+2/p-1. The molecule has 0 bridgehead atoms. The summed E-state index contributed by atoms with van der Waals surface area (Å²) in [5.41, 5.74) is 0. The maximum absolute atomic E-state index is 3.34. The van der Waals surface area contributed by atoms with Gasteiger partial charge in [-0.05, 0) is 0 Å². The molecule has 0 aliphatic heterocycles. The van der Waals surface area contributed by atoms with Gasteiger partial charge in [-0.2, -0.15) is 10.9 Å². The summed E-state index contributed by atoms with van der Waals surface area (Å²) in [4.78, 5) is 0. The largest absolute Gasteiger partial charge is 2.00 e. The van der Waals surface area contributed by atoms with E-state index in [0.29, 0.717) is 0 Å². The summed E-state index contributed by atoms with van der Waals surface area (Å²) >= 11 is 3.34. The van der Waals surface area contributed by atoms with Crippen molar-refractivity contribution in [3.05, 3.63) is 10.6 Å². The molecule has 0 amide bonds. The maximum atomic E-state index is 3.34. The molecule has 0 radical (unpaired) electrons. The molecule has 0 spiro atoms. The van der Waals surface area contributed by atoms with Gasteiger partial charge in [-0.1, -0.05) is 28.8 Å². The summed E-state index contributed by atoms with van der Waals surface area (Å²) in [6, 6.07) is 0. The third kappa shape index (κ3) is 4.18. The van der Waals surface area contributed by atoms with Crippen molar-refractivity contribution in [1.82, 2.24) is 0 Å². The smallest absolute Gasteiger partial charge is 1.00 e. The second-order valence-electron chi connectivity index (χ2n) is 1.44. The number of hydrogen-bond acceptors (Lipinski definition) is 0. The van der Waals surface area contributed by atoms with E-state index in [0.717, 1.165) is 6.42 Å². The Hall–Kier alpha value is 1.28. The molecule has 1 rings (SSSR count). The summed E-state index contributed by atoms with van der Waals surface area (Å²) in [6.07, 6.45) is 6.81. The molecule has 0 saturated carbocycles. The van der Waals surface area contributed by atoms with E-state index in [1.165, 1.54) is 17.3 Å². The monoisotopic (exact) mass is 204 g/mol. The van der Waals surface area contributed by atoms with Crippen LogP contribution in [0.1, 0.15) is 19.3 Å². The Morgan fingerprint density at radius 3 is 2.25 bits per heavy atom. The molecule has 0 atom stereocenters. The van der Waals surface area contributed by atoms with Crippen molar-refractivity contribution in [3.8, 4) is 0 Å². The van der Waals surface area contributed by atoms with Gasteiger partial charge in [0.15, 0.2) is 0 Å². The Kier molecular flexibility index (Phi) is 9.60. The van der Waals surface area contributed by atoms with Gasteiger partial charge in [0, 0.05) is 0 Å². The van der Waals surface area contributed by atoms with E-state index >= 15 is 0 Å². The van der Waals surface area contributed by atoms with Crippen LogP contribution in [0.25, 0.3) is 0 Å². The molecule has 1 aliphatic rings. The van der Waals surface area contributed by atoms with Crippen LogP contribution in [0.15, 0.2) is 4.48 Å². The zero-order valence-corrected chi connectivity index (χ0v) is 8.34. The molecule has 0 nitrogen and oxygen atoms in total. The zero-order valence-electron chi connectivity index (χ0n) is 4.58. The van der Waals surface area contributed by atoms with Crippen molar-refractivity contribution in [2.24, 2.45) is 0 Å². The molecular weight excluding hydrogens is 200 g/mol. The fraction of sp³-hybridized carbons (Fsp3) is 0.600. The van der Waals surface area contributed by atoms with E-state index in [-0.39, 0.29) is 35.5 Å². The first-order valence-electron chi connectivity index (χ1n) is 2.15. The van der Waals surface area contributed by atoms with Gasteiger partial charge in [0.1, 0.15) is 0 Å². The van der Waals surface area contributed by atoms with Crippen molar-refractivity contribution in [1.29, 1.82) is 0 Å². The third-order valence-electron chi connectivity index (χ3n) is 0.890. The number of hydrogen-bond donors (Lipinski definition) is 0. The van der Waals surface area contributed by atoms with Crippen LogP contribution in [0.2, 0.25) is 0 Å². The van der Waals surface area contributed by atoms with Crippen molar-refractivity contribution < 1.29 is 12.4 Å². The van der Waals surface area contributed by atoms with Gasteiger partial charge in [-0.25, -0.2) is 0 Å². The Bertz CT molecular complexity index is 82.5. The van der Waals surface area contributed by atoms with E-state index in [2.05, 4.69) is 22.0 Å². The molecule has 1 aliphatic carbocycles. The van der Waals surface area contributed by atoms with Crippen LogP contribution in [0.4, 0.5) is 0 Å². The van der Waals surface area contributed by atoms with Crippen molar-refractivity contribution in [2.75, 3.05) is 0 Å². The zero-order chi connectivity index (χ0) is 4.41. The van der Waals surface area contributed by atoms with E-state index < -0.39 is 0 Å². The number of rotatable bonds is 0. The van der Waals surface area contributed by atoms with Crippen molar-refractivity contribution in [2.45, 2.75) is 19.3 Å². The van der Waals surface area contributed by atoms with Gasteiger partial charge < -0.3 is 18.5 Å². The molecule has 0 fully saturated rings. The van der Waals surface area contributed by atoms with Gasteiger partial charge in [-0.3, -0.25) is 0 Å². The first-order chi connectivity index (χ1) is 2.89. The minimum absolute atomic E-state index is 0. The molecule has 8 heavy (non-hydrogen) atoms. The minimum atomic E-state index is 0. The van der Waals surface area contributed by atoms with Crippen LogP contribution in [-0.4, -0.2) is 23.1 Å². The normalized spacial score (nSPS) is 15.9. The molecule has 0 N–H and O–H groups in total. The van der Waals surface area contributed by atoms with Crippen LogP contribution in [0.5, 0.6) is 0 Å². The topological polar surface area (TPSA) is 0 Å². The summed E-state index contributed by atoms with van der Waals surface area (Å²) in [5.74, 6) is 0. The third-order valence-corrected chi connectivity index (χ3v) is 1.57. The van der Waals surface area contributed by atoms with Crippen molar-refractivity contribution >= 4 is 39.0 Å². The number of halogens is 2. The molecular formula is C5H6BrClMg. The Morgan fingerprint density at radius 2 is 2.12 bits per heavy atom. The summed E-state index contributed by atoms with van der Waals surface area (Å²) in [7, 11) is 0. The molecule has 3 heteroatoms. The fourth-order valence-corrected chi connectivity index (χ4v) is 1.03. The first-order valence-corrected chi connectivity index (χ1v) is 2.94. The van der Waals surface area contributed by atoms with E-state index in [1.54, 1.807) is 0 Å². The van der Waals surface area contributed by atoms with Gasteiger partial charge in [0.05, 0.1) is 0 Å². The predicted molar refractivity (Wildman–Crippen MR) is 35.3 cm³/mol. The molecule has 0 aromatic rings. The van der Waals surface area contributed by atoms with Crippen LogP contribution < -0.4 is 12.4 Å². The van der Waals surface area contributed by atoms with Crippen LogP contribution >= 0.6 is 15.9 Å². The summed E-state index contributed by atoms with van der Waals surface area (Å²) in [5, 5.41) is 0. The van der Waals surface area contributed by atoms with Crippen LogP contribution in [-0.2, 0) is 0 Å². The molecule has 42 valence electrons. The predicted octanol–water partition coefficient (Wildman–Crippen LogP) is -1.12. The van der Waals surface area contributed by atoms with Crippen molar-refractivity contribution in [3.63, 3.8) is 0 Å². The quantitative estimate of drug-likeness (QED) is 0.347. The molecule has 0 saturated heterocycles. The number of allylic oxidation sites excluding steroid dienone is 2. The minimum Gasteiger partial charge on any atom is -1.00 e. The average Bonchev–Trinajstić information content (AvgIpc) is 1.86. The SMILES string of the molecule is BrC1=[C-]CCC1.[Cl-].[Mg+2]. The second kappa shape index (κ2) is 6.40. The van der Waals surface area contributed by atoms with Crippen LogP contribution in [0.3, 0.4) is 0 Å². The van der Waals surface area contributed by atoms with E-state index in [1.807, 2.05) is 0 Å². The van der Waals surface area contributed by atoms with Gasteiger partial charge in [-0.15, -0.1) is 0 Å². The fourth-order valence-electron chi connectivity index (χ4n) is 0.556. The Morgan fingerprint density at radius 1 is 1.50 bits per heavy atom.